The van der Waals surface area contributed by atoms with Crippen LogP contribution in [-0.4, -0.2) is 96.2 Å². The molecule has 260 valence electrons. The third-order valence-corrected chi connectivity index (χ3v) is 10.9. The number of fused-ring (bicyclic) bond motifs is 3. The molecule has 0 unspecified atom stereocenters. The largest absolute Gasteiger partial charge is 0.472 e. The number of aliphatic hydroxyl groups is 1. The van der Waals surface area contributed by atoms with Crippen LogP contribution in [0, 0.1) is 22.7 Å². The molecule has 1 N–H and O–H groups in total. The first-order valence-electron chi connectivity index (χ1n) is 15.8. The zero-order valence-corrected chi connectivity index (χ0v) is 27.9. The van der Waals surface area contributed by atoms with Gasteiger partial charge in [-0.1, -0.05) is 12.5 Å². The van der Waals surface area contributed by atoms with E-state index in [2.05, 4.69) is 0 Å². The van der Waals surface area contributed by atoms with Crippen molar-refractivity contribution in [2.45, 2.75) is 116 Å². The Morgan fingerprint density at radius 2 is 1.72 bits per heavy atom. The first-order chi connectivity index (χ1) is 21.9. The van der Waals surface area contributed by atoms with Crippen LogP contribution in [0.5, 0.6) is 0 Å². The van der Waals surface area contributed by atoms with Crippen molar-refractivity contribution >= 4 is 29.8 Å². The molecule has 3 heterocycles. The minimum absolute atomic E-state index is 0.00482. The topological polar surface area (TPSA) is 183 Å². The number of aliphatic hydroxyl groups excluding tert-OH is 1. The molecule has 2 saturated heterocycles. The summed E-state index contributed by atoms with van der Waals surface area (Å²) in [6.45, 7) is 10.9. The number of hydrogen-bond acceptors (Lipinski definition) is 14. The van der Waals surface area contributed by atoms with Gasteiger partial charge in [0.1, 0.15) is 24.4 Å². The number of carbonyl (C=O) groups excluding carboxylic acids is 5. The van der Waals surface area contributed by atoms with E-state index >= 15 is 0 Å². The monoisotopic (exact) mass is 664 g/mol. The average molecular weight is 665 g/mol. The molecule has 12 atom stereocenters. The van der Waals surface area contributed by atoms with Gasteiger partial charge in [-0.3, -0.25) is 19.2 Å². The molecule has 14 heteroatoms. The molecule has 47 heavy (non-hydrogen) atoms. The van der Waals surface area contributed by atoms with Crippen LogP contribution in [0.15, 0.2) is 24.0 Å². The third kappa shape index (κ3) is 5.61. The molecule has 14 nitrogen and oxygen atoms in total. The van der Waals surface area contributed by atoms with Gasteiger partial charge in [0.2, 0.25) is 11.9 Å². The molecular formula is C33H44O14. The molecule has 5 rings (SSSR count). The molecule has 0 radical (unpaired) electrons. The lowest BCUT2D eigenvalue weighted by atomic mass is 9.44. The molecular weight excluding hydrogens is 620 g/mol. The van der Waals surface area contributed by atoms with Crippen molar-refractivity contribution in [1.82, 2.24) is 0 Å². The minimum atomic E-state index is -2.11. The fourth-order valence-electron chi connectivity index (χ4n) is 8.27. The Kier molecular flexibility index (Phi) is 9.04. The minimum Gasteiger partial charge on any atom is -0.472 e. The Labute approximate surface area is 273 Å². The van der Waals surface area contributed by atoms with Gasteiger partial charge in [0, 0.05) is 39.0 Å². The number of ether oxygens (including phenoxy) is 8. The van der Waals surface area contributed by atoms with E-state index in [0.29, 0.717) is 6.42 Å². The van der Waals surface area contributed by atoms with Crippen molar-refractivity contribution in [2.75, 3.05) is 13.2 Å². The summed E-state index contributed by atoms with van der Waals surface area (Å²) in [5.74, 6) is -4.48. The van der Waals surface area contributed by atoms with E-state index in [9.17, 15) is 29.1 Å². The number of carbonyl (C=O) groups is 5. The predicted octanol–water partition coefficient (Wildman–Crippen LogP) is 2.04. The Morgan fingerprint density at radius 3 is 2.28 bits per heavy atom. The molecule has 2 aliphatic carbocycles. The van der Waals surface area contributed by atoms with Crippen molar-refractivity contribution in [2.24, 2.45) is 22.7 Å². The number of hydrogen-bond donors (Lipinski definition) is 1. The summed E-state index contributed by atoms with van der Waals surface area (Å²) < 4.78 is 46.6. The summed E-state index contributed by atoms with van der Waals surface area (Å²) in [6, 6.07) is 0. The van der Waals surface area contributed by atoms with Crippen molar-refractivity contribution in [3.05, 3.63) is 24.0 Å². The summed E-state index contributed by atoms with van der Waals surface area (Å²) in [7, 11) is 0. The van der Waals surface area contributed by atoms with Crippen LogP contribution in [-0.2, 0) is 61.9 Å². The quantitative estimate of drug-likeness (QED) is 0.164. The second kappa shape index (κ2) is 12.2. The van der Waals surface area contributed by atoms with Crippen molar-refractivity contribution < 1.29 is 67.0 Å². The molecule has 1 spiro atoms. The van der Waals surface area contributed by atoms with Crippen LogP contribution in [0.1, 0.15) is 68.2 Å². The molecule has 0 amide bonds. The van der Waals surface area contributed by atoms with Gasteiger partial charge in [-0.2, -0.15) is 0 Å². The predicted molar refractivity (Wildman–Crippen MR) is 158 cm³/mol. The van der Waals surface area contributed by atoms with Crippen LogP contribution < -0.4 is 0 Å². The Hall–Kier alpha value is -3.49. The van der Waals surface area contributed by atoms with Crippen LogP contribution in [0.4, 0.5) is 0 Å². The highest BCUT2D eigenvalue weighted by Gasteiger charge is 2.81. The Bertz CT molecular complexity index is 1380. The summed E-state index contributed by atoms with van der Waals surface area (Å²) >= 11 is 0. The highest BCUT2D eigenvalue weighted by Crippen LogP contribution is 2.69. The maximum atomic E-state index is 14.0. The summed E-state index contributed by atoms with van der Waals surface area (Å²) in [6.07, 6.45) is -0.0391. The van der Waals surface area contributed by atoms with E-state index in [-0.39, 0.29) is 25.6 Å². The van der Waals surface area contributed by atoms with Gasteiger partial charge in [-0.15, -0.1) is 0 Å². The first-order valence-corrected chi connectivity index (χ1v) is 15.8. The van der Waals surface area contributed by atoms with Gasteiger partial charge in [-0.05, 0) is 51.7 Å². The fraction of sp³-hybridized carbons (Fsp3) is 0.727. The molecule has 0 bridgehead atoms. The van der Waals surface area contributed by atoms with Crippen LogP contribution >= 0.6 is 0 Å². The van der Waals surface area contributed by atoms with Gasteiger partial charge in [0.15, 0.2) is 6.10 Å². The third-order valence-electron chi connectivity index (χ3n) is 10.9. The average Bonchev–Trinajstić information content (AvgIpc) is 3.44. The summed E-state index contributed by atoms with van der Waals surface area (Å²) in [5.41, 5.74) is -5.03. The second-order valence-electron chi connectivity index (χ2n) is 13.7. The van der Waals surface area contributed by atoms with Gasteiger partial charge in [0.05, 0.1) is 30.5 Å². The SMILES string of the molecule is CC(=O)OC[C@@]12[C@@H](OC(C)=O)C=C(C)[C@](C)([C@@H]3C[C@H]4C=CO[C@H]4O3)[C@H]1C[C@@H](O)[C@@H](OC(=O)[C@](C)(OC(C)=O)[C@H](C)OC(C)=O)[C@]21CO1. The smallest absolute Gasteiger partial charge is 0.354 e. The normalized spacial score (nSPS) is 40.0. The lowest BCUT2D eigenvalue weighted by Crippen LogP contribution is -2.73. The molecule has 3 aliphatic heterocycles. The molecule has 0 aromatic heterocycles. The summed E-state index contributed by atoms with van der Waals surface area (Å²) in [4.78, 5) is 62.9. The molecule has 3 fully saturated rings. The molecule has 0 aromatic rings. The zero-order chi connectivity index (χ0) is 34.7. The van der Waals surface area contributed by atoms with Gasteiger partial charge < -0.3 is 43.0 Å². The number of esters is 5. The lowest BCUT2D eigenvalue weighted by Gasteiger charge is -2.62. The van der Waals surface area contributed by atoms with Crippen LogP contribution in [0.2, 0.25) is 0 Å². The van der Waals surface area contributed by atoms with Crippen molar-refractivity contribution in [1.29, 1.82) is 0 Å². The standard InChI is InChI=1S/C33H44O14/c1-16-11-26(44-20(5)36)32(14-41-18(3)34)24(30(16,7)25-12-22-9-10-40-28(22)45-25)13-23(38)27(33(32)15-42-33)46-29(39)31(8,47-21(6)37)17(2)43-19(4)35/h9-11,17,22-28,38H,12-15H2,1-8H3/t17-,22+,23+,24+,25-,26-,27+,28-,30-,31+,32-,33+/m0/s1. The highest BCUT2D eigenvalue weighted by atomic mass is 16.7. The maximum absolute atomic E-state index is 14.0. The van der Waals surface area contributed by atoms with E-state index in [0.717, 1.165) is 19.4 Å². The Morgan fingerprint density at radius 1 is 1.04 bits per heavy atom. The van der Waals surface area contributed by atoms with Gasteiger partial charge in [0.25, 0.3) is 0 Å². The van der Waals surface area contributed by atoms with Crippen molar-refractivity contribution in [3.8, 4) is 0 Å². The van der Waals surface area contributed by atoms with Gasteiger partial charge in [-0.25, -0.2) is 4.79 Å². The van der Waals surface area contributed by atoms with Crippen LogP contribution in [0.25, 0.3) is 0 Å². The van der Waals surface area contributed by atoms with E-state index < -0.39 is 94.6 Å². The van der Waals surface area contributed by atoms with E-state index in [1.54, 1.807) is 12.3 Å². The Balaban J connectivity index is 1.62. The maximum Gasteiger partial charge on any atom is 0.354 e. The van der Waals surface area contributed by atoms with E-state index in [4.69, 9.17) is 37.9 Å². The van der Waals surface area contributed by atoms with E-state index in [1.165, 1.54) is 27.7 Å². The fourth-order valence-corrected chi connectivity index (χ4v) is 8.27. The number of rotatable bonds is 9. The van der Waals surface area contributed by atoms with E-state index in [1.807, 2.05) is 19.9 Å². The molecule has 5 aliphatic rings. The summed E-state index contributed by atoms with van der Waals surface area (Å²) in [5, 5.41) is 11.9. The highest BCUT2D eigenvalue weighted by molar-refractivity contribution is 5.84. The first kappa shape index (κ1) is 34.8. The molecule has 0 aromatic carbocycles. The van der Waals surface area contributed by atoms with Crippen LogP contribution in [0.3, 0.4) is 0 Å². The van der Waals surface area contributed by atoms with Crippen molar-refractivity contribution in [3.63, 3.8) is 0 Å². The lowest BCUT2D eigenvalue weighted by molar-refractivity contribution is -0.254. The second-order valence-corrected chi connectivity index (χ2v) is 13.7. The molecule has 1 saturated carbocycles. The zero-order valence-electron chi connectivity index (χ0n) is 27.9. The van der Waals surface area contributed by atoms with Gasteiger partial charge >= 0.3 is 29.8 Å². The number of epoxide rings is 1.